The van der Waals surface area contributed by atoms with Crippen molar-refractivity contribution in [3.63, 3.8) is 0 Å². The van der Waals surface area contributed by atoms with E-state index in [0.29, 0.717) is 48.6 Å². The first kappa shape index (κ1) is 38.9. The largest absolute Gasteiger partial charge is 0.362 e. The fourth-order valence-electron chi connectivity index (χ4n) is 5.96. The first-order chi connectivity index (χ1) is 23.2. The van der Waals surface area contributed by atoms with Crippen LogP contribution in [0.2, 0.25) is 0 Å². The van der Waals surface area contributed by atoms with Crippen molar-refractivity contribution >= 4 is 35.4 Å². The summed E-state index contributed by atoms with van der Waals surface area (Å²) in [6.07, 6.45) is 5.10. The Kier molecular flexibility index (Phi) is 14.1. The van der Waals surface area contributed by atoms with Crippen LogP contribution in [0.1, 0.15) is 83.7 Å². The molecule has 15 heteroatoms. The molecule has 0 spiro atoms. The van der Waals surface area contributed by atoms with Gasteiger partial charge in [0, 0.05) is 19.3 Å². The Morgan fingerprint density at radius 3 is 2.31 bits per heavy atom. The molecule has 3 rings (SSSR count). The molecule has 1 aliphatic heterocycles. The number of benzene rings is 1. The number of carbonyl (C=O) groups excluding carboxylic acids is 6. The minimum atomic E-state index is -1.22. The van der Waals surface area contributed by atoms with E-state index < -0.39 is 71.8 Å². The predicted octanol–water partition coefficient (Wildman–Crippen LogP) is 1.19. The molecule has 1 aromatic rings. The molecule has 6 amide bonds. The monoisotopic (exact) mass is 684 g/mol. The molecule has 1 saturated carbocycles. The molecular weight excluding hydrogens is 632 g/mol. The average Bonchev–Trinajstić information content (AvgIpc) is 3.74. The van der Waals surface area contributed by atoms with Crippen molar-refractivity contribution in [3.05, 3.63) is 48.2 Å². The zero-order valence-corrected chi connectivity index (χ0v) is 28.9. The number of amides is 6. The van der Waals surface area contributed by atoms with E-state index >= 15 is 0 Å². The van der Waals surface area contributed by atoms with E-state index in [1.54, 1.807) is 37.3 Å². The van der Waals surface area contributed by atoms with Crippen LogP contribution in [0.25, 0.3) is 0 Å². The van der Waals surface area contributed by atoms with Gasteiger partial charge in [-0.15, -0.1) is 0 Å². The highest BCUT2D eigenvalue weighted by Gasteiger charge is 2.39. The first-order valence-corrected chi connectivity index (χ1v) is 16.9. The van der Waals surface area contributed by atoms with Gasteiger partial charge in [0.1, 0.15) is 12.1 Å². The van der Waals surface area contributed by atoms with Crippen molar-refractivity contribution in [2.45, 2.75) is 102 Å². The topological polar surface area (TPSA) is 215 Å². The van der Waals surface area contributed by atoms with E-state index in [1.807, 2.05) is 18.7 Å². The van der Waals surface area contributed by atoms with Gasteiger partial charge in [-0.25, -0.2) is 9.86 Å². The Hall–Kier alpha value is -4.50. The molecule has 1 aliphatic carbocycles. The number of nitrogens with zero attached hydrogens (tertiary/aromatic N) is 2. The van der Waals surface area contributed by atoms with Gasteiger partial charge in [-0.05, 0) is 50.5 Å². The maximum Gasteiger partial charge on any atom is 0.316 e. The minimum absolute atomic E-state index is 0.182. The number of hydrogen-bond acceptors (Lipinski definition) is 9. The van der Waals surface area contributed by atoms with Crippen LogP contribution in [-0.2, 0) is 24.0 Å². The Balaban J connectivity index is 1.61. The molecular formula is C34H52N8O7. The van der Waals surface area contributed by atoms with E-state index in [1.165, 1.54) is 0 Å². The standard InChI is InChI=1S/C34H52N8O7/c1-6-17-34(4,35)40-33(48)38-24(7-2)21(3)42-18-11-14-26(42)30(45)37-25(19-22-15-16-22)29(44)31(46)36-20-27(43)39-28(32(47)41(5)49)23-12-9-8-10-13-23/h8-10,12-13,22,24-26,28,49H,3,6-7,11,14-20,35H2,1-2,4-5H3,(H,36,46)(H,37,45)(H,39,43)(H2,38,40,48). The van der Waals surface area contributed by atoms with Gasteiger partial charge >= 0.3 is 6.03 Å². The number of urea groups is 1. The van der Waals surface area contributed by atoms with E-state index in [4.69, 9.17) is 5.73 Å². The van der Waals surface area contributed by atoms with Crippen LogP contribution >= 0.6 is 0 Å². The van der Waals surface area contributed by atoms with Gasteiger partial charge in [0.15, 0.2) is 0 Å². The highest BCUT2D eigenvalue weighted by Crippen LogP contribution is 2.34. The van der Waals surface area contributed by atoms with Crippen LogP contribution in [0.5, 0.6) is 0 Å². The van der Waals surface area contributed by atoms with E-state index in [2.05, 4.69) is 33.2 Å². The van der Waals surface area contributed by atoms with Gasteiger partial charge in [-0.2, -0.15) is 0 Å². The average molecular weight is 685 g/mol. The van der Waals surface area contributed by atoms with Gasteiger partial charge in [0.05, 0.1) is 24.3 Å². The summed E-state index contributed by atoms with van der Waals surface area (Å²) in [6, 6.07) is 4.35. The van der Waals surface area contributed by atoms with E-state index in [0.717, 1.165) is 26.3 Å². The van der Waals surface area contributed by atoms with Crippen molar-refractivity contribution in [1.82, 2.24) is 36.5 Å². The summed E-state index contributed by atoms with van der Waals surface area (Å²) in [5, 5.41) is 23.3. The molecule has 5 unspecified atom stereocenters. The zero-order valence-electron chi connectivity index (χ0n) is 28.9. The molecule has 1 aromatic carbocycles. The molecule has 0 aromatic heterocycles. The summed E-state index contributed by atoms with van der Waals surface area (Å²) in [5.74, 6) is -3.75. The molecule has 1 heterocycles. The Labute approximate surface area is 287 Å². The lowest BCUT2D eigenvalue weighted by Crippen LogP contribution is -2.58. The smallest absolute Gasteiger partial charge is 0.316 e. The number of rotatable bonds is 18. The van der Waals surface area contributed by atoms with Crippen molar-refractivity contribution < 1.29 is 34.0 Å². The number of hydrogen-bond donors (Lipinski definition) is 7. The molecule has 1 saturated heterocycles. The molecule has 0 radical (unpaired) electrons. The number of carbonyl (C=O) groups is 6. The van der Waals surface area contributed by atoms with Crippen LogP contribution < -0.4 is 32.3 Å². The lowest BCUT2D eigenvalue weighted by Gasteiger charge is -2.34. The van der Waals surface area contributed by atoms with E-state index in [-0.39, 0.29) is 12.3 Å². The summed E-state index contributed by atoms with van der Waals surface area (Å²) < 4.78 is 0. The normalized spacial score (nSPS) is 18.6. The fourth-order valence-corrected chi connectivity index (χ4v) is 5.96. The van der Waals surface area contributed by atoms with E-state index in [9.17, 15) is 34.0 Å². The Bertz CT molecular complexity index is 1370. The summed E-state index contributed by atoms with van der Waals surface area (Å²) in [5.41, 5.74) is 6.26. The van der Waals surface area contributed by atoms with Crippen molar-refractivity contribution in [1.29, 1.82) is 0 Å². The molecule has 2 fully saturated rings. The summed E-state index contributed by atoms with van der Waals surface area (Å²) >= 11 is 0. The second-order valence-electron chi connectivity index (χ2n) is 13.1. The van der Waals surface area contributed by atoms with Crippen LogP contribution in [-0.4, -0.2) is 94.5 Å². The van der Waals surface area contributed by atoms with Crippen LogP contribution in [0.4, 0.5) is 4.79 Å². The van der Waals surface area contributed by atoms with Crippen molar-refractivity contribution in [2.24, 2.45) is 11.7 Å². The summed E-state index contributed by atoms with van der Waals surface area (Å²) in [4.78, 5) is 79.7. The number of nitrogens with two attached hydrogens (primary N) is 1. The Morgan fingerprint density at radius 1 is 1.04 bits per heavy atom. The van der Waals surface area contributed by atoms with Crippen molar-refractivity contribution in [3.8, 4) is 0 Å². The third-order valence-corrected chi connectivity index (χ3v) is 8.74. The quantitative estimate of drug-likeness (QED) is 0.0511. The molecule has 49 heavy (non-hydrogen) atoms. The maximum absolute atomic E-state index is 13.6. The molecule has 5 atom stereocenters. The van der Waals surface area contributed by atoms with Gasteiger partial charge in [-0.3, -0.25) is 29.2 Å². The first-order valence-electron chi connectivity index (χ1n) is 16.9. The number of nitrogens with one attached hydrogen (secondary N) is 5. The van der Waals surface area contributed by atoms with Crippen LogP contribution in [0, 0.1) is 5.92 Å². The number of likely N-dealkylation sites (tertiary alicyclic amines) is 1. The maximum atomic E-state index is 13.6. The second-order valence-corrected chi connectivity index (χ2v) is 13.1. The lowest BCUT2D eigenvalue weighted by molar-refractivity contribution is -0.162. The van der Waals surface area contributed by atoms with Crippen LogP contribution in [0.3, 0.4) is 0 Å². The van der Waals surface area contributed by atoms with Crippen molar-refractivity contribution in [2.75, 3.05) is 20.1 Å². The van der Waals surface area contributed by atoms with Crippen LogP contribution in [0.15, 0.2) is 42.6 Å². The SMILES string of the molecule is C=C(C(CC)NC(=O)NC(C)(N)CCC)N1CCCC1C(=O)NC(CC1CC1)C(=O)C(=O)NCC(=O)NC(C(=O)N(C)O)c1ccccc1. The molecule has 0 bridgehead atoms. The molecule has 15 nitrogen and oxygen atoms in total. The lowest BCUT2D eigenvalue weighted by atomic mass is 10.0. The van der Waals surface area contributed by atoms with Gasteiger partial charge in [0.2, 0.25) is 17.6 Å². The summed E-state index contributed by atoms with van der Waals surface area (Å²) in [7, 11) is 1.13. The minimum Gasteiger partial charge on any atom is -0.362 e. The summed E-state index contributed by atoms with van der Waals surface area (Å²) in [6.45, 7) is 9.71. The fraction of sp³-hybridized carbons (Fsp3) is 0.588. The molecule has 270 valence electrons. The molecule has 2 aliphatic rings. The number of ketones is 1. The molecule has 8 N–H and O–H groups in total. The van der Waals surface area contributed by atoms with Gasteiger partial charge in [-0.1, -0.05) is 70.0 Å². The van der Waals surface area contributed by atoms with Gasteiger partial charge in [0.25, 0.3) is 11.8 Å². The number of Topliss-reactive ketones (excluding diaryl/α,β-unsaturated/α-hetero) is 1. The third-order valence-electron chi connectivity index (χ3n) is 8.74. The second kappa shape index (κ2) is 17.8. The Morgan fingerprint density at radius 2 is 1.71 bits per heavy atom. The number of likely N-dealkylation sites (N-methyl/N-ethyl adjacent to an activating group) is 1. The van der Waals surface area contributed by atoms with Gasteiger partial charge < -0.3 is 37.2 Å². The third kappa shape index (κ3) is 11.6. The highest BCUT2D eigenvalue weighted by atomic mass is 16.5. The predicted molar refractivity (Wildman–Crippen MR) is 181 cm³/mol. The highest BCUT2D eigenvalue weighted by molar-refractivity contribution is 6.38. The zero-order chi connectivity index (χ0) is 36.3. The number of hydroxylamine groups is 2.